The summed E-state index contributed by atoms with van der Waals surface area (Å²) >= 11 is 2.06. The largest absolute Gasteiger partial charge is 0.377 e. The summed E-state index contributed by atoms with van der Waals surface area (Å²) in [5, 5.41) is 0.708. The van der Waals surface area contributed by atoms with E-state index in [1.165, 1.54) is 24.8 Å². The first-order valence-corrected chi connectivity index (χ1v) is 7.22. The third kappa shape index (κ3) is 3.26. The Kier molecular flexibility index (Phi) is 4.73. The molecular weight excluding hydrogens is 216 g/mol. The summed E-state index contributed by atoms with van der Waals surface area (Å²) in [5.41, 5.74) is 1.43. The van der Waals surface area contributed by atoms with Gasteiger partial charge in [0.2, 0.25) is 0 Å². The molecular formula is C14H20OS. The van der Waals surface area contributed by atoms with E-state index >= 15 is 0 Å². The Labute approximate surface area is 103 Å². The average molecular weight is 236 g/mol. The molecule has 1 aliphatic rings. The number of hydrogen-bond donors (Lipinski definition) is 0. The molecule has 88 valence electrons. The quantitative estimate of drug-likeness (QED) is 0.767. The molecule has 0 unspecified atom stereocenters. The average Bonchev–Trinajstić information content (AvgIpc) is 2.76. The molecule has 1 aromatic rings. The maximum atomic E-state index is 5.77. The van der Waals surface area contributed by atoms with E-state index in [1.54, 1.807) is 0 Å². The van der Waals surface area contributed by atoms with Crippen LogP contribution in [-0.4, -0.2) is 18.0 Å². The molecule has 0 N–H and O–H groups in total. The molecule has 1 aliphatic heterocycles. The highest BCUT2D eigenvalue weighted by molar-refractivity contribution is 7.99. The lowest BCUT2D eigenvalue weighted by Crippen LogP contribution is -2.17. The maximum Gasteiger partial charge on any atom is 0.0694 e. The van der Waals surface area contributed by atoms with E-state index in [2.05, 4.69) is 49.0 Å². The minimum atomic E-state index is 0.499. The van der Waals surface area contributed by atoms with Gasteiger partial charge < -0.3 is 4.74 Å². The molecule has 0 amide bonds. The summed E-state index contributed by atoms with van der Waals surface area (Å²) in [4.78, 5) is 0. The second-order valence-electron chi connectivity index (χ2n) is 4.32. The van der Waals surface area contributed by atoms with Crippen LogP contribution in [0, 0.1) is 0 Å². The van der Waals surface area contributed by atoms with Crippen molar-refractivity contribution in [3.05, 3.63) is 35.9 Å². The summed E-state index contributed by atoms with van der Waals surface area (Å²) in [5.74, 6) is 1.12. The zero-order valence-corrected chi connectivity index (χ0v) is 10.7. The van der Waals surface area contributed by atoms with E-state index in [4.69, 9.17) is 4.74 Å². The highest BCUT2D eigenvalue weighted by Crippen LogP contribution is 2.31. The molecule has 1 heterocycles. The van der Waals surface area contributed by atoms with Crippen LogP contribution in [0.15, 0.2) is 30.3 Å². The monoisotopic (exact) mass is 236 g/mol. The first-order chi connectivity index (χ1) is 7.90. The van der Waals surface area contributed by atoms with E-state index in [-0.39, 0.29) is 0 Å². The van der Waals surface area contributed by atoms with Gasteiger partial charge in [0.15, 0.2) is 0 Å². The van der Waals surface area contributed by atoms with Crippen LogP contribution in [0.4, 0.5) is 0 Å². The fraction of sp³-hybridized carbons (Fsp3) is 0.571. The van der Waals surface area contributed by atoms with Crippen LogP contribution in [0.25, 0.3) is 0 Å². The molecule has 1 aromatic carbocycles. The molecule has 2 atom stereocenters. The molecule has 0 spiro atoms. The normalized spacial score (nSPS) is 24.8. The minimum Gasteiger partial charge on any atom is -0.377 e. The highest BCUT2D eigenvalue weighted by atomic mass is 32.2. The van der Waals surface area contributed by atoms with Crippen LogP contribution in [0.1, 0.15) is 31.7 Å². The van der Waals surface area contributed by atoms with Crippen LogP contribution >= 0.6 is 11.8 Å². The molecule has 1 nitrogen and oxygen atoms in total. The molecule has 0 radical (unpaired) electrons. The number of ether oxygens (including phenoxy) is 1. The Balaban J connectivity index is 1.81. The van der Waals surface area contributed by atoms with Crippen LogP contribution in [0.5, 0.6) is 0 Å². The Morgan fingerprint density at radius 1 is 1.31 bits per heavy atom. The second-order valence-corrected chi connectivity index (χ2v) is 5.55. The fourth-order valence-electron chi connectivity index (χ4n) is 2.15. The van der Waals surface area contributed by atoms with Gasteiger partial charge in [-0.25, -0.2) is 0 Å². The third-order valence-corrected chi connectivity index (χ3v) is 4.50. The molecule has 2 rings (SSSR count). The predicted octanol–water partition coefficient (Wildman–Crippen LogP) is 3.88. The van der Waals surface area contributed by atoms with Gasteiger partial charge in [-0.15, -0.1) is 0 Å². The maximum absolute atomic E-state index is 5.77. The Morgan fingerprint density at radius 2 is 2.12 bits per heavy atom. The molecule has 1 saturated heterocycles. The summed E-state index contributed by atoms with van der Waals surface area (Å²) in [7, 11) is 0. The Morgan fingerprint density at radius 3 is 2.88 bits per heavy atom. The van der Waals surface area contributed by atoms with Gasteiger partial charge in [-0.05, 0) is 18.4 Å². The van der Waals surface area contributed by atoms with Crippen molar-refractivity contribution >= 4 is 11.8 Å². The molecule has 0 bridgehead atoms. The van der Waals surface area contributed by atoms with Crippen LogP contribution in [0.2, 0.25) is 0 Å². The third-order valence-electron chi connectivity index (χ3n) is 3.03. The zero-order valence-electron chi connectivity index (χ0n) is 9.89. The van der Waals surface area contributed by atoms with Crippen molar-refractivity contribution in [1.29, 1.82) is 0 Å². The number of hydrogen-bond acceptors (Lipinski definition) is 2. The second kappa shape index (κ2) is 6.31. The van der Waals surface area contributed by atoms with Crippen LogP contribution < -0.4 is 0 Å². The number of rotatable bonds is 5. The lowest BCUT2D eigenvalue weighted by Gasteiger charge is -2.17. The molecule has 16 heavy (non-hydrogen) atoms. The topological polar surface area (TPSA) is 9.23 Å². The van der Waals surface area contributed by atoms with Gasteiger partial charge >= 0.3 is 0 Å². The van der Waals surface area contributed by atoms with Crippen LogP contribution in [0.3, 0.4) is 0 Å². The fourth-order valence-corrected chi connectivity index (χ4v) is 3.44. The summed E-state index contributed by atoms with van der Waals surface area (Å²) in [6.07, 6.45) is 4.17. The molecule has 0 aliphatic carbocycles. The molecule has 2 heteroatoms. The van der Waals surface area contributed by atoms with Gasteiger partial charge in [0.25, 0.3) is 0 Å². The van der Waals surface area contributed by atoms with E-state index in [9.17, 15) is 0 Å². The van der Waals surface area contributed by atoms with Crippen molar-refractivity contribution in [3.63, 3.8) is 0 Å². The zero-order chi connectivity index (χ0) is 11.2. The van der Waals surface area contributed by atoms with Gasteiger partial charge in [0.1, 0.15) is 0 Å². The summed E-state index contributed by atoms with van der Waals surface area (Å²) in [6, 6.07) is 10.7. The standard InChI is InChI=1S/C14H20OS/c1-2-6-13-14(9-10-15-13)16-11-12-7-4-3-5-8-12/h3-5,7-8,13-14H,2,6,9-11H2,1H3/t13-,14-/m1/s1. The van der Waals surface area contributed by atoms with Crippen molar-refractivity contribution in [1.82, 2.24) is 0 Å². The lowest BCUT2D eigenvalue weighted by atomic mass is 10.1. The molecule has 0 saturated carbocycles. The van der Waals surface area contributed by atoms with Gasteiger partial charge in [-0.1, -0.05) is 43.7 Å². The SMILES string of the molecule is CCC[C@H]1OCC[C@H]1SCc1ccccc1. The van der Waals surface area contributed by atoms with Crippen molar-refractivity contribution in [2.75, 3.05) is 6.61 Å². The van der Waals surface area contributed by atoms with Gasteiger partial charge in [-0.3, -0.25) is 0 Å². The molecule has 1 fully saturated rings. The Hall–Kier alpha value is -0.470. The summed E-state index contributed by atoms with van der Waals surface area (Å²) < 4.78 is 5.77. The van der Waals surface area contributed by atoms with Gasteiger partial charge in [0, 0.05) is 17.6 Å². The number of benzene rings is 1. The van der Waals surface area contributed by atoms with Crippen molar-refractivity contribution in [2.24, 2.45) is 0 Å². The van der Waals surface area contributed by atoms with Crippen molar-refractivity contribution in [2.45, 2.75) is 43.3 Å². The molecule has 0 aromatic heterocycles. The van der Waals surface area contributed by atoms with E-state index in [0.29, 0.717) is 11.4 Å². The lowest BCUT2D eigenvalue weighted by molar-refractivity contribution is 0.105. The first-order valence-electron chi connectivity index (χ1n) is 6.17. The highest BCUT2D eigenvalue weighted by Gasteiger charge is 2.27. The smallest absolute Gasteiger partial charge is 0.0694 e. The predicted molar refractivity (Wildman–Crippen MR) is 70.8 cm³/mol. The van der Waals surface area contributed by atoms with Gasteiger partial charge in [-0.2, -0.15) is 11.8 Å². The number of thioether (sulfide) groups is 1. The van der Waals surface area contributed by atoms with Gasteiger partial charge in [0.05, 0.1) is 6.10 Å². The van der Waals surface area contributed by atoms with E-state index in [0.717, 1.165) is 12.4 Å². The minimum absolute atomic E-state index is 0.499. The van der Waals surface area contributed by atoms with E-state index in [1.807, 2.05) is 0 Å². The van der Waals surface area contributed by atoms with Crippen molar-refractivity contribution < 1.29 is 4.74 Å². The first kappa shape index (κ1) is 12.0. The van der Waals surface area contributed by atoms with Crippen LogP contribution in [-0.2, 0) is 10.5 Å². The van der Waals surface area contributed by atoms with E-state index < -0.39 is 0 Å². The summed E-state index contributed by atoms with van der Waals surface area (Å²) in [6.45, 7) is 3.19. The Bertz CT molecular complexity index is 299. The van der Waals surface area contributed by atoms with Crippen molar-refractivity contribution in [3.8, 4) is 0 Å².